The summed E-state index contributed by atoms with van der Waals surface area (Å²) in [4.78, 5) is 14.4. The molecule has 2 N–H and O–H groups in total. The predicted molar refractivity (Wildman–Crippen MR) is 122 cm³/mol. The third-order valence-corrected chi connectivity index (χ3v) is 7.75. The molecule has 4 rings (SSSR count). The topological polar surface area (TPSA) is 98.9 Å². The Hall–Kier alpha value is -2.65. The molecule has 1 saturated heterocycles. The summed E-state index contributed by atoms with van der Waals surface area (Å²) >= 11 is 0. The Balaban J connectivity index is 1.34. The van der Waals surface area contributed by atoms with Crippen molar-refractivity contribution >= 4 is 15.7 Å². The summed E-state index contributed by atoms with van der Waals surface area (Å²) in [7, 11) is -3.40. The van der Waals surface area contributed by atoms with Gasteiger partial charge in [0, 0.05) is 13.1 Å². The zero-order valence-electron chi connectivity index (χ0n) is 18.8. The van der Waals surface area contributed by atoms with Crippen LogP contribution in [0.25, 0.3) is 11.1 Å². The summed E-state index contributed by atoms with van der Waals surface area (Å²) in [5.74, 6) is -0.0879. The monoisotopic (exact) mass is 476 g/mol. The van der Waals surface area contributed by atoms with Gasteiger partial charge in [-0.15, -0.1) is 0 Å². The van der Waals surface area contributed by atoms with Crippen LogP contribution in [0.4, 0.5) is 4.39 Å². The maximum atomic E-state index is 14.7. The third-order valence-electron chi connectivity index (χ3n) is 6.32. The van der Waals surface area contributed by atoms with Crippen LogP contribution in [0.3, 0.4) is 0 Å². The van der Waals surface area contributed by atoms with Gasteiger partial charge >= 0.3 is 0 Å². The van der Waals surface area contributed by atoms with Crippen LogP contribution < -0.4 is 15.2 Å². The molecular weight excluding hydrogens is 447 g/mol. The largest absolute Gasteiger partial charge is 0.490 e. The fraction of sp³-hybridized carbons (Fsp3) is 0.458. The van der Waals surface area contributed by atoms with Crippen molar-refractivity contribution in [2.45, 2.75) is 37.6 Å². The number of sulfone groups is 1. The smallest absolute Gasteiger partial charge is 0.239 e. The van der Waals surface area contributed by atoms with Gasteiger partial charge in [0.05, 0.1) is 12.6 Å². The third kappa shape index (κ3) is 4.99. The highest BCUT2D eigenvalue weighted by Gasteiger charge is 2.29. The molecule has 2 aromatic carbocycles. The number of halogens is 1. The van der Waals surface area contributed by atoms with E-state index in [1.54, 1.807) is 24.3 Å². The van der Waals surface area contributed by atoms with Crippen molar-refractivity contribution in [2.24, 2.45) is 17.6 Å². The van der Waals surface area contributed by atoms with Gasteiger partial charge in [-0.3, -0.25) is 4.79 Å². The number of hydrogen-bond donors (Lipinski definition) is 1. The SMILES string of the molecule is CC(C)C(N)C(=O)N1CCC(COc2ccc(-c3ccc4c(c3)OCS4(=O)=O)cc2F)CC1. The molecule has 2 aliphatic heterocycles. The molecule has 0 aliphatic carbocycles. The highest BCUT2D eigenvalue weighted by Crippen LogP contribution is 2.36. The number of piperidine rings is 1. The predicted octanol–water partition coefficient (Wildman–Crippen LogP) is 3.22. The van der Waals surface area contributed by atoms with Crippen molar-refractivity contribution in [1.82, 2.24) is 4.90 Å². The van der Waals surface area contributed by atoms with E-state index in [1.807, 2.05) is 18.7 Å². The second kappa shape index (κ2) is 9.30. The number of likely N-dealkylation sites (tertiary alicyclic amines) is 1. The van der Waals surface area contributed by atoms with Crippen LogP contribution in [-0.4, -0.2) is 50.9 Å². The Kier molecular flexibility index (Phi) is 6.63. The summed E-state index contributed by atoms with van der Waals surface area (Å²) in [6.45, 7) is 5.51. The number of benzene rings is 2. The van der Waals surface area contributed by atoms with E-state index in [0.717, 1.165) is 12.8 Å². The van der Waals surface area contributed by atoms with Crippen LogP contribution in [0, 0.1) is 17.7 Å². The molecule has 2 aliphatic rings. The van der Waals surface area contributed by atoms with Crippen LogP contribution in [0.5, 0.6) is 11.5 Å². The second-order valence-corrected chi connectivity index (χ2v) is 10.9. The summed E-state index contributed by atoms with van der Waals surface area (Å²) in [5.41, 5.74) is 7.24. The number of carbonyl (C=O) groups is 1. The lowest BCUT2D eigenvalue weighted by Gasteiger charge is -2.34. The lowest BCUT2D eigenvalue weighted by atomic mass is 9.96. The Morgan fingerprint density at radius 3 is 2.52 bits per heavy atom. The number of carbonyl (C=O) groups excluding carboxylic acids is 1. The van der Waals surface area contributed by atoms with Crippen molar-refractivity contribution in [1.29, 1.82) is 0 Å². The van der Waals surface area contributed by atoms with Gasteiger partial charge in [-0.25, -0.2) is 12.8 Å². The van der Waals surface area contributed by atoms with E-state index in [-0.39, 0.29) is 40.1 Å². The minimum absolute atomic E-state index is 0.0134. The molecule has 1 fully saturated rings. The molecule has 1 unspecified atom stereocenters. The quantitative estimate of drug-likeness (QED) is 0.687. The number of rotatable bonds is 6. The summed E-state index contributed by atoms with van der Waals surface area (Å²) in [6.07, 6.45) is 1.57. The zero-order valence-corrected chi connectivity index (χ0v) is 19.6. The Morgan fingerprint density at radius 2 is 1.85 bits per heavy atom. The number of hydrogen-bond acceptors (Lipinski definition) is 6. The van der Waals surface area contributed by atoms with Gasteiger partial charge < -0.3 is 20.1 Å². The van der Waals surface area contributed by atoms with Crippen molar-refractivity contribution in [3.8, 4) is 22.6 Å². The van der Waals surface area contributed by atoms with Gasteiger partial charge in [-0.2, -0.15) is 0 Å². The second-order valence-electron chi connectivity index (χ2n) is 9.03. The molecule has 7 nitrogen and oxygen atoms in total. The molecule has 0 bridgehead atoms. The van der Waals surface area contributed by atoms with E-state index < -0.39 is 21.7 Å². The van der Waals surface area contributed by atoms with Crippen LogP contribution in [0.1, 0.15) is 26.7 Å². The average molecular weight is 477 g/mol. The summed E-state index contributed by atoms with van der Waals surface area (Å²) in [5, 5.41) is 0. The Bertz CT molecular complexity index is 1140. The molecule has 178 valence electrons. The van der Waals surface area contributed by atoms with Crippen LogP contribution in [0.2, 0.25) is 0 Å². The molecule has 9 heteroatoms. The minimum atomic E-state index is -3.40. The molecule has 0 aromatic heterocycles. The van der Waals surface area contributed by atoms with E-state index in [9.17, 15) is 17.6 Å². The first-order valence-electron chi connectivity index (χ1n) is 11.1. The molecule has 1 atom stereocenters. The van der Waals surface area contributed by atoms with Gasteiger partial charge in [0.25, 0.3) is 0 Å². The standard InChI is InChI=1S/C24H29FN2O5S/c1-15(2)23(26)24(28)27-9-7-16(8-10-27)13-31-20-5-3-17(11-19(20)25)18-4-6-22-21(12-18)32-14-33(22,29)30/h3-6,11-12,15-16,23H,7-10,13-14,26H2,1-2H3. The number of fused-ring (bicyclic) bond motifs is 1. The molecule has 2 heterocycles. The maximum absolute atomic E-state index is 14.7. The number of nitrogens with two attached hydrogens (primary N) is 1. The molecule has 0 spiro atoms. The van der Waals surface area contributed by atoms with Gasteiger partial charge in [-0.1, -0.05) is 26.0 Å². The lowest BCUT2D eigenvalue weighted by Crippen LogP contribution is -2.49. The Morgan fingerprint density at radius 1 is 1.18 bits per heavy atom. The fourth-order valence-corrected chi connectivity index (χ4v) is 5.19. The van der Waals surface area contributed by atoms with Crippen molar-refractivity contribution in [3.05, 3.63) is 42.2 Å². The van der Waals surface area contributed by atoms with E-state index in [0.29, 0.717) is 30.8 Å². The average Bonchev–Trinajstić information content (AvgIpc) is 3.11. The molecule has 33 heavy (non-hydrogen) atoms. The van der Waals surface area contributed by atoms with Gasteiger partial charge in [0.2, 0.25) is 15.7 Å². The van der Waals surface area contributed by atoms with Gasteiger partial charge in [0.1, 0.15) is 10.6 Å². The van der Waals surface area contributed by atoms with Crippen molar-refractivity contribution < 1.29 is 27.1 Å². The molecule has 2 aromatic rings. The van der Waals surface area contributed by atoms with Crippen LogP contribution >= 0.6 is 0 Å². The van der Waals surface area contributed by atoms with E-state index in [1.165, 1.54) is 12.1 Å². The van der Waals surface area contributed by atoms with Gasteiger partial charge in [0.15, 0.2) is 17.5 Å². The summed E-state index contributed by atoms with van der Waals surface area (Å²) < 4.78 is 49.5. The molecule has 1 amide bonds. The Labute approximate surface area is 193 Å². The number of nitrogens with zero attached hydrogens (tertiary/aromatic N) is 1. The van der Waals surface area contributed by atoms with Crippen LogP contribution in [-0.2, 0) is 14.6 Å². The molecule has 0 saturated carbocycles. The minimum Gasteiger partial charge on any atom is -0.490 e. The maximum Gasteiger partial charge on any atom is 0.239 e. The fourth-order valence-electron chi connectivity index (χ4n) is 4.08. The van der Waals surface area contributed by atoms with E-state index in [4.69, 9.17) is 15.2 Å². The van der Waals surface area contributed by atoms with Crippen molar-refractivity contribution in [2.75, 3.05) is 25.6 Å². The zero-order chi connectivity index (χ0) is 23.8. The van der Waals surface area contributed by atoms with E-state index >= 15 is 0 Å². The van der Waals surface area contributed by atoms with Gasteiger partial charge in [-0.05, 0) is 60.1 Å². The van der Waals surface area contributed by atoms with Crippen molar-refractivity contribution in [3.63, 3.8) is 0 Å². The number of amides is 1. The van der Waals surface area contributed by atoms with E-state index in [2.05, 4.69) is 0 Å². The highest BCUT2D eigenvalue weighted by atomic mass is 32.2. The normalized spacial score (nSPS) is 18.6. The first-order chi connectivity index (χ1) is 15.7. The lowest BCUT2D eigenvalue weighted by molar-refractivity contribution is -0.135. The first kappa shape index (κ1) is 23.5. The molecule has 0 radical (unpaired) electrons. The first-order valence-corrected chi connectivity index (χ1v) is 12.8. The molecular formula is C24H29FN2O5S. The number of ether oxygens (including phenoxy) is 2. The highest BCUT2D eigenvalue weighted by molar-refractivity contribution is 7.91. The van der Waals surface area contributed by atoms with Crippen LogP contribution in [0.15, 0.2) is 41.3 Å². The summed E-state index contributed by atoms with van der Waals surface area (Å²) in [6, 6.07) is 8.94.